The molecule has 0 aromatic carbocycles. The number of aliphatic hydroxyl groups excluding tert-OH is 1. The van der Waals surface area contributed by atoms with Crippen LogP contribution in [0.25, 0.3) is 0 Å². The molecular formula is C13H25N3O. The second-order valence-corrected chi connectivity index (χ2v) is 5.94. The van der Waals surface area contributed by atoms with Crippen LogP contribution in [0.5, 0.6) is 0 Å². The van der Waals surface area contributed by atoms with Crippen LogP contribution in [-0.2, 0) is 12.5 Å². The van der Waals surface area contributed by atoms with E-state index in [0.717, 1.165) is 11.3 Å². The molecule has 0 saturated heterocycles. The van der Waals surface area contributed by atoms with Crippen molar-refractivity contribution >= 4 is 0 Å². The zero-order valence-electron chi connectivity index (χ0n) is 11.8. The maximum Gasteiger partial charge on any atom is 0.0947 e. The van der Waals surface area contributed by atoms with Crippen LogP contribution in [0.15, 0.2) is 6.20 Å². The topological polar surface area (TPSA) is 50.1 Å². The monoisotopic (exact) mass is 239 g/mol. The van der Waals surface area contributed by atoms with Crippen LogP contribution >= 0.6 is 0 Å². The molecule has 0 spiro atoms. The normalized spacial score (nSPS) is 14.4. The van der Waals surface area contributed by atoms with E-state index < -0.39 is 6.10 Å². The SMILES string of the molecule is CC(C)NCC(O)c1cn(C)nc1C(C)(C)C. The number of hydrogen-bond acceptors (Lipinski definition) is 3. The molecule has 0 aliphatic heterocycles. The number of aliphatic hydroxyl groups is 1. The molecule has 1 heterocycles. The molecule has 0 saturated carbocycles. The molecule has 0 amide bonds. The lowest BCUT2D eigenvalue weighted by molar-refractivity contribution is 0.169. The van der Waals surface area contributed by atoms with E-state index in [4.69, 9.17) is 0 Å². The molecule has 2 N–H and O–H groups in total. The smallest absolute Gasteiger partial charge is 0.0947 e. The van der Waals surface area contributed by atoms with Gasteiger partial charge in [-0.25, -0.2) is 0 Å². The molecule has 1 atom stereocenters. The van der Waals surface area contributed by atoms with E-state index in [1.165, 1.54) is 0 Å². The van der Waals surface area contributed by atoms with Gasteiger partial charge in [0.05, 0.1) is 11.8 Å². The second-order valence-electron chi connectivity index (χ2n) is 5.94. The summed E-state index contributed by atoms with van der Waals surface area (Å²) in [4.78, 5) is 0. The lowest BCUT2D eigenvalue weighted by Gasteiger charge is -2.20. The van der Waals surface area contributed by atoms with Crippen molar-refractivity contribution in [2.24, 2.45) is 7.05 Å². The Morgan fingerprint density at radius 1 is 1.41 bits per heavy atom. The van der Waals surface area contributed by atoms with Crippen LogP contribution in [0.1, 0.15) is 52.0 Å². The predicted octanol–water partition coefficient (Wildman–Crippen LogP) is 1.75. The first kappa shape index (κ1) is 14.2. The quantitative estimate of drug-likeness (QED) is 0.841. The Morgan fingerprint density at radius 2 is 2.00 bits per heavy atom. The number of rotatable bonds is 4. The van der Waals surface area contributed by atoms with E-state index >= 15 is 0 Å². The number of aromatic nitrogens is 2. The van der Waals surface area contributed by atoms with E-state index in [0.29, 0.717) is 12.6 Å². The third-order valence-electron chi connectivity index (χ3n) is 2.65. The fourth-order valence-corrected chi connectivity index (χ4v) is 1.79. The zero-order valence-corrected chi connectivity index (χ0v) is 11.8. The molecule has 4 nitrogen and oxygen atoms in total. The zero-order chi connectivity index (χ0) is 13.2. The van der Waals surface area contributed by atoms with Gasteiger partial charge in [0.25, 0.3) is 0 Å². The van der Waals surface area contributed by atoms with Crippen LogP contribution < -0.4 is 5.32 Å². The van der Waals surface area contributed by atoms with Crippen LogP contribution in [0.2, 0.25) is 0 Å². The average molecular weight is 239 g/mol. The molecular weight excluding hydrogens is 214 g/mol. The molecule has 4 heteroatoms. The molecule has 0 radical (unpaired) electrons. The number of nitrogens with zero attached hydrogens (tertiary/aromatic N) is 2. The fourth-order valence-electron chi connectivity index (χ4n) is 1.79. The molecule has 0 bridgehead atoms. The highest BCUT2D eigenvalue weighted by atomic mass is 16.3. The van der Waals surface area contributed by atoms with Gasteiger partial charge in [-0.3, -0.25) is 4.68 Å². The van der Waals surface area contributed by atoms with Crippen molar-refractivity contribution in [3.63, 3.8) is 0 Å². The average Bonchev–Trinajstić information content (AvgIpc) is 2.56. The van der Waals surface area contributed by atoms with E-state index in [1.54, 1.807) is 4.68 Å². The molecule has 1 aromatic heterocycles. The summed E-state index contributed by atoms with van der Waals surface area (Å²) in [5.41, 5.74) is 1.85. The van der Waals surface area contributed by atoms with Gasteiger partial charge in [-0.05, 0) is 0 Å². The minimum absolute atomic E-state index is 0.0462. The molecule has 1 aromatic rings. The summed E-state index contributed by atoms with van der Waals surface area (Å²) in [5, 5.41) is 17.9. The van der Waals surface area contributed by atoms with Crippen molar-refractivity contribution in [2.75, 3.05) is 6.54 Å². The van der Waals surface area contributed by atoms with Gasteiger partial charge in [-0.1, -0.05) is 34.6 Å². The summed E-state index contributed by atoms with van der Waals surface area (Å²) in [6.07, 6.45) is 1.41. The van der Waals surface area contributed by atoms with Crippen molar-refractivity contribution in [3.05, 3.63) is 17.5 Å². The largest absolute Gasteiger partial charge is 0.387 e. The Kier molecular flexibility index (Phi) is 4.33. The van der Waals surface area contributed by atoms with Gasteiger partial charge >= 0.3 is 0 Å². The van der Waals surface area contributed by atoms with Gasteiger partial charge in [-0.2, -0.15) is 5.10 Å². The van der Waals surface area contributed by atoms with Crippen molar-refractivity contribution in [1.29, 1.82) is 0 Å². The first-order chi connectivity index (χ1) is 7.71. The predicted molar refractivity (Wildman–Crippen MR) is 70.0 cm³/mol. The fraction of sp³-hybridized carbons (Fsp3) is 0.769. The first-order valence-electron chi connectivity index (χ1n) is 6.17. The van der Waals surface area contributed by atoms with Crippen molar-refractivity contribution < 1.29 is 5.11 Å². The third kappa shape index (κ3) is 3.82. The van der Waals surface area contributed by atoms with Gasteiger partial charge < -0.3 is 10.4 Å². The summed E-state index contributed by atoms with van der Waals surface area (Å²) in [7, 11) is 1.89. The van der Waals surface area contributed by atoms with Crippen LogP contribution in [0.3, 0.4) is 0 Å². The maximum absolute atomic E-state index is 10.2. The lowest BCUT2D eigenvalue weighted by Crippen LogP contribution is -2.29. The van der Waals surface area contributed by atoms with E-state index in [9.17, 15) is 5.11 Å². The van der Waals surface area contributed by atoms with Crippen LogP contribution in [0.4, 0.5) is 0 Å². The number of nitrogens with one attached hydrogen (secondary N) is 1. The Bertz CT molecular complexity index is 363. The number of hydrogen-bond donors (Lipinski definition) is 2. The molecule has 1 rings (SSSR count). The molecule has 1 unspecified atom stereocenters. The third-order valence-corrected chi connectivity index (χ3v) is 2.65. The minimum atomic E-state index is -0.500. The van der Waals surface area contributed by atoms with Crippen molar-refractivity contribution in [3.8, 4) is 0 Å². The van der Waals surface area contributed by atoms with Crippen molar-refractivity contribution in [1.82, 2.24) is 15.1 Å². The second kappa shape index (κ2) is 5.19. The van der Waals surface area contributed by atoms with E-state index in [1.807, 2.05) is 13.2 Å². The molecule has 0 aliphatic carbocycles. The Hall–Kier alpha value is -0.870. The summed E-state index contributed by atoms with van der Waals surface area (Å²) < 4.78 is 1.77. The van der Waals surface area contributed by atoms with Gasteiger partial charge in [0.1, 0.15) is 0 Å². The summed E-state index contributed by atoms with van der Waals surface area (Å²) >= 11 is 0. The Balaban J connectivity index is 2.89. The maximum atomic E-state index is 10.2. The highest BCUT2D eigenvalue weighted by molar-refractivity contribution is 5.26. The minimum Gasteiger partial charge on any atom is -0.387 e. The van der Waals surface area contributed by atoms with Gasteiger partial charge in [0, 0.05) is 36.8 Å². The Morgan fingerprint density at radius 3 is 2.47 bits per heavy atom. The van der Waals surface area contributed by atoms with Crippen molar-refractivity contribution in [2.45, 2.75) is 52.2 Å². The molecule has 0 fully saturated rings. The Labute approximate surface area is 104 Å². The van der Waals surface area contributed by atoms with Crippen LogP contribution in [0, 0.1) is 0 Å². The molecule has 0 aliphatic rings. The standard InChI is InChI=1S/C13H25N3O/c1-9(2)14-7-11(17)10-8-16(6)15-12(10)13(3,4)5/h8-9,11,14,17H,7H2,1-6H3. The van der Waals surface area contributed by atoms with Crippen LogP contribution in [-0.4, -0.2) is 27.5 Å². The highest BCUT2D eigenvalue weighted by Gasteiger charge is 2.25. The van der Waals surface area contributed by atoms with E-state index in [-0.39, 0.29) is 5.41 Å². The van der Waals surface area contributed by atoms with E-state index in [2.05, 4.69) is 45.0 Å². The van der Waals surface area contributed by atoms with Gasteiger partial charge in [-0.15, -0.1) is 0 Å². The summed E-state index contributed by atoms with van der Waals surface area (Å²) in [6.45, 7) is 11.0. The van der Waals surface area contributed by atoms with Gasteiger partial charge in [0.2, 0.25) is 0 Å². The summed E-state index contributed by atoms with van der Waals surface area (Å²) in [6, 6.07) is 0.374. The summed E-state index contributed by atoms with van der Waals surface area (Å²) in [5.74, 6) is 0. The van der Waals surface area contributed by atoms with Gasteiger partial charge in [0.15, 0.2) is 0 Å². The molecule has 17 heavy (non-hydrogen) atoms. The molecule has 98 valence electrons. The first-order valence-corrected chi connectivity index (χ1v) is 6.17. The number of aryl methyl sites for hydroxylation is 1. The lowest BCUT2D eigenvalue weighted by atomic mass is 9.88. The highest BCUT2D eigenvalue weighted by Crippen LogP contribution is 2.28.